The molecule has 2 atom stereocenters. The number of ether oxygens (including phenoxy) is 1. The molecule has 2 N–H and O–H groups in total. The summed E-state index contributed by atoms with van der Waals surface area (Å²) in [5.74, 6) is 1.06. The molecule has 2 unspecified atom stereocenters. The van der Waals surface area contributed by atoms with Gasteiger partial charge in [-0.3, -0.25) is 0 Å². The number of carbonyl (C=O) groups is 1. The number of anilines is 2. The normalized spacial score (nSPS) is 22.6. The summed E-state index contributed by atoms with van der Waals surface area (Å²) in [6, 6.07) is 5.50. The van der Waals surface area contributed by atoms with Gasteiger partial charge < -0.3 is 15.4 Å². The van der Waals surface area contributed by atoms with Crippen LogP contribution in [0.25, 0.3) is 0 Å². The highest BCUT2D eigenvalue weighted by Gasteiger charge is 2.26. The van der Waals surface area contributed by atoms with Crippen molar-refractivity contribution in [3.05, 3.63) is 23.8 Å². The minimum absolute atomic E-state index is 0.291. The monoisotopic (exact) mass is 276 g/mol. The predicted molar refractivity (Wildman–Crippen MR) is 82.0 cm³/mol. The van der Waals surface area contributed by atoms with Crippen LogP contribution >= 0.6 is 0 Å². The number of esters is 1. The molecule has 0 aliphatic carbocycles. The van der Waals surface area contributed by atoms with Crippen LogP contribution in [-0.2, 0) is 4.74 Å². The van der Waals surface area contributed by atoms with Gasteiger partial charge in [0.05, 0.1) is 17.9 Å². The van der Waals surface area contributed by atoms with Crippen LogP contribution in [0.3, 0.4) is 0 Å². The van der Waals surface area contributed by atoms with Gasteiger partial charge in [-0.15, -0.1) is 0 Å². The first-order chi connectivity index (χ1) is 9.52. The Morgan fingerprint density at radius 3 is 2.80 bits per heavy atom. The van der Waals surface area contributed by atoms with Crippen molar-refractivity contribution in [1.82, 2.24) is 0 Å². The zero-order valence-corrected chi connectivity index (χ0v) is 12.6. The summed E-state index contributed by atoms with van der Waals surface area (Å²) >= 11 is 0. The molecule has 20 heavy (non-hydrogen) atoms. The van der Waals surface area contributed by atoms with Crippen molar-refractivity contribution in [2.24, 2.45) is 11.8 Å². The standard InChI is InChI=1S/C16H24N2O2/c1-4-20-16(19)14-9-13(17)5-6-15(14)18-8-7-11(2)12(3)10-18/h5-6,9,11-12H,4,7-8,10,17H2,1-3H3. The number of nitrogens with zero attached hydrogens (tertiary/aromatic N) is 1. The lowest BCUT2D eigenvalue weighted by Crippen LogP contribution is -2.39. The van der Waals surface area contributed by atoms with E-state index in [1.807, 2.05) is 19.1 Å². The van der Waals surface area contributed by atoms with E-state index in [-0.39, 0.29) is 5.97 Å². The fourth-order valence-corrected chi connectivity index (χ4v) is 2.68. The van der Waals surface area contributed by atoms with Crippen molar-refractivity contribution in [3.8, 4) is 0 Å². The topological polar surface area (TPSA) is 55.6 Å². The lowest BCUT2D eigenvalue weighted by atomic mass is 9.88. The van der Waals surface area contributed by atoms with Gasteiger partial charge in [-0.25, -0.2) is 4.79 Å². The highest BCUT2D eigenvalue weighted by molar-refractivity contribution is 5.97. The molecule has 4 heteroatoms. The molecule has 1 aromatic carbocycles. The number of hydrogen-bond acceptors (Lipinski definition) is 4. The van der Waals surface area contributed by atoms with Crippen molar-refractivity contribution >= 4 is 17.3 Å². The maximum absolute atomic E-state index is 12.1. The first-order valence-electron chi connectivity index (χ1n) is 7.34. The highest BCUT2D eigenvalue weighted by Crippen LogP contribution is 2.30. The van der Waals surface area contributed by atoms with Crippen LogP contribution < -0.4 is 10.6 Å². The summed E-state index contributed by atoms with van der Waals surface area (Å²) in [5.41, 5.74) is 7.93. The Bertz CT molecular complexity index is 487. The zero-order valence-electron chi connectivity index (χ0n) is 12.6. The molecule has 1 fully saturated rings. The molecule has 1 aliphatic rings. The molecular weight excluding hydrogens is 252 g/mol. The summed E-state index contributed by atoms with van der Waals surface area (Å²) in [7, 11) is 0. The second-order valence-corrected chi connectivity index (χ2v) is 5.69. The number of rotatable bonds is 3. The van der Waals surface area contributed by atoms with Crippen molar-refractivity contribution in [2.75, 3.05) is 30.3 Å². The molecule has 1 heterocycles. The molecule has 1 aromatic rings. The van der Waals surface area contributed by atoms with Gasteiger partial charge in [0.15, 0.2) is 0 Å². The second kappa shape index (κ2) is 6.16. The molecular formula is C16H24N2O2. The van der Waals surface area contributed by atoms with E-state index >= 15 is 0 Å². The van der Waals surface area contributed by atoms with E-state index in [0.717, 1.165) is 31.1 Å². The Labute approximate surface area is 120 Å². The Morgan fingerprint density at radius 1 is 1.40 bits per heavy atom. The van der Waals surface area contributed by atoms with Crippen molar-refractivity contribution in [1.29, 1.82) is 0 Å². The summed E-state index contributed by atoms with van der Waals surface area (Å²) < 4.78 is 5.14. The molecule has 110 valence electrons. The van der Waals surface area contributed by atoms with E-state index in [2.05, 4.69) is 18.7 Å². The first kappa shape index (κ1) is 14.7. The molecule has 0 bridgehead atoms. The molecule has 0 spiro atoms. The fourth-order valence-electron chi connectivity index (χ4n) is 2.68. The van der Waals surface area contributed by atoms with Crippen molar-refractivity contribution < 1.29 is 9.53 Å². The minimum Gasteiger partial charge on any atom is -0.462 e. The van der Waals surface area contributed by atoms with Crippen LogP contribution in [0.4, 0.5) is 11.4 Å². The van der Waals surface area contributed by atoms with Crippen LogP contribution in [0.1, 0.15) is 37.6 Å². The summed E-state index contributed by atoms with van der Waals surface area (Å²) in [6.45, 7) is 8.68. The van der Waals surface area contributed by atoms with Gasteiger partial charge in [-0.05, 0) is 43.4 Å². The average Bonchev–Trinajstić information content (AvgIpc) is 2.42. The number of benzene rings is 1. The summed E-state index contributed by atoms with van der Waals surface area (Å²) in [4.78, 5) is 14.4. The van der Waals surface area contributed by atoms with Gasteiger partial charge in [-0.1, -0.05) is 13.8 Å². The first-order valence-corrected chi connectivity index (χ1v) is 7.34. The van der Waals surface area contributed by atoms with Gasteiger partial charge in [0.2, 0.25) is 0 Å². The number of piperidine rings is 1. The van der Waals surface area contributed by atoms with Gasteiger partial charge in [0.1, 0.15) is 0 Å². The molecule has 0 amide bonds. The Morgan fingerprint density at radius 2 is 2.15 bits per heavy atom. The lowest BCUT2D eigenvalue weighted by molar-refractivity contribution is 0.0527. The van der Waals surface area contributed by atoms with E-state index in [4.69, 9.17) is 10.5 Å². The van der Waals surface area contributed by atoms with E-state index in [9.17, 15) is 4.79 Å². The molecule has 2 rings (SSSR count). The van der Waals surface area contributed by atoms with Gasteiger partial charge in [0.25, 0.3) is 0 Å². The molecule has 1 aliphatic heterocycles. The van der Waals surface area contributed by atoms with E-state index in [1.54, 1.807) is 6.07 Å². The van der Waals surface area contributed by atoms with E-state index < -0.39 is 0 Å². The maximum Gasteiger partial charge on any atom is 0.340 e. The number of carbonyl (C=O) groups excluding carboxylic acids is 1. The van der Waals surface area contributed by atoms with Crippen LogP contribution in [0.2, 0.25) is 0 Å². The number of hydrogen-bond donors (Lipinski definition) is 1. The van der Waals surface area contributed by atoms with Crippen LogP contribution in [0, 0.1) is 11.8 Å². The third-order valence-electron chi connectivity index (χ3n) is 4.19. The maximum atomic E-state index is 12.1. The summed E-state index contributed by atoms with van der Waals surface area (Å²) in [5, 5.41) is 0. The Hall–Kier alpha value is -1.71. The minimum atomic E-state index is -0.291. The summed E-state index contributed by atoms with van der Waals surface area (Å²) in [6.07, 6.45) is 1.15. The van der Waals surface area contributed by atoms with Gasteiger partial charge in [0, 0.05) is 18.8 Å². The molecule has 0 saturated carbocycles. The Balaban J connectivity index is 2.29. The molecule has 4 nitrogen and oxygen atoms in total. The van der Waals surface area contributed by atoms with Crippen LogP contribution in [-0.4, -0.2) is 25.7 Å². The van der Waals surface area contributed by atoms with Crippen LogP contribution in [0.5, 0.6) is 0 Å². The molecule has 1 saturated heterocycles. The van der Waals surface area contributed by atoms with Crippen molar-refractivity contribution in [3.63, 3.8) is 0 Å². The largest absolute Gasteiger partial charge is 0.462 e. The SMILES string of the molecule is CCOC(=O)c1cc(N)ccc1N1CCC(C)C(C)C1. The van der Waals surface area contributed by atoms with Crippen molar-refractivity contribution in [2.45, 2.75) is 27.2 Å². The number of nitrogens with two attached hydrogens (primary N) is 1. The third-order valence-corrected chi connectivity index (χ3v) is 4.19. The highest BCUT2D eigenvalue weighted by atomic mass is 16.5. The van der Waals surface area contributed by atoms with E-state index in [1.165, 1.54) is 0 Å². The molecule has 0 radical (unpaired) electrons. The fraction of sp³-hybridized carbons (Fsp3) is 0.562. The molecule has 0 aromatic heterocycles. The quantitative estimate of drug-likeness (QED) is 0.681. The third kappa shape index (κ3) is 3.06. The predicted octanol–water partition coefficient (Wildman–Crippen LogP) is 2.93. The lowest BCUT2D eigenvalue weighted by Gasteiger charge is -2.37. The Kier molecular flexibility index (Phi) is 4.53. The number of nitrogen functional groups attached to an aromatic ring is 1. The van der Waals surface area contributed by atoms with Crippen LogP contribution in [0.15, 0.2) is 18.2 Å². The smallest absolute Gasteiger partial charge is 0.340 e. The second-order valence-electron chi connectivity index (χ2n) is 5.69. The van der Waals surface area contributed by atoms with Gasteiger partial charge >= 0.3 is 5.97 Å². The van der Waals surface area contributed by atoms with E-state index in [0.29, 0.717) is 23.8 Å². The average molecular weight is 276 g/mol. The van der Waals surface area contributed by atoms with Gasteiger partial charge in [-0.2, -0.15) is 0 Å². The zero-order chi connectivity index (χ0) is 14.7.